The van der Waals surface area contributed by atoms with Gasteiger partial charge in [0.15, 0.2) is 17.5 Å². The van der Waals surface area contributed by atoms with Crippen LogP contribution in [0.2, 0.25) is 0 Å². The van der Waals surface area contributed by atoms with Gasteiger partial charge in [-0.15, -0.1) is 0 Å². The lowest BCUT2D eigenvalue weighted by molar-refractivity contribution is 0.0231. The molecule has 2 aromatic heterocycles. The molecule has 0 amide bonds. The van der Waals surface area contributed by atoms with Crippen LogP contribution in [0, 0.1) is 22.9 Å². The molecule has 2 bridgehead atoms. The summed E-state index contributed by atoms with van der Waals surface area (Å²) in [7, 11) is 0. The largest absolute Gasteiger partial charge is 0.508 e. The minimum atomic E-state index is -1.14. The lowest BCUT2D eigenvalue weighted by Gasteiger charge is -2.34. The van der Waals surface area contributed by atoms with Crippen molar-refractivity contribution in [3.8, 4) is 23.0 Å². The van der Waals surface area contributed by atoms with Gasteiger partial charge >= 0.3 is 6.01 Å². The number of fused-ring (bicyclic) bond motifs is 4. The van der Waals surface area contributed by atoms with E-state index in [9.17, 15) is 9.50 Å². The normalized spacial score (nSPS) is 23.0. The summed E-state index contributed by atoms with van der Waals surface area (Å²) in [5, 5.41) is 14.5. The molecular formula is C32H33F3N6O3. The van der Waals surface area contributed by atoms with Crippen LogP contribution < -0.4 is 15.0 Å². The maximum atomic E-state index is 16.6. The van der Waals surface area contributed by atoms with E-state index in [1.165, 1.54) is 24.4 Å². The Morgan fingerprint density at radius 2 is 1.80 bits per heavy atom. The minimum Gasteiger partial charge on any atom is -0.508 e. The highest BCUT2D eigenvalue weighted by atomic mass is 19.2. The molecule has 0 radical (unpaired) electrons. The quantitative estimate of drug-likeness (QED) is 0.318. The number of halogens is 3. The van der Waals surface area contributed by atoms with Gasteiger partial charge in [-0.2, -0.15) is 9.97 Å². The predicted octanol–water partition coefficient (Wildman–Crippen LogP) is 4.40. The number of piperazine rings is 1. The predicted molar refractivity (Wildman–Crippen MR) is 158 cm³/mol. The molecule has 2 atom stereocenters. The summed E-state index contributed by atoms with van der Waals surface area (Å²) in [6, 6.07) is 5.49. The summed E-state index contributed by atoms with van der Waals surface area (Å²) in [6.07, 6.45) is 5.65. The van der Waals surface area contributed by atoms with Crippen molar-refractivity contribution in [2.24, 2.45) is 5.41 Å². The Labute approximate surface area is 252 Å². The Morgan fingerprint density at radius 1 is 1.02 bits per heavy atom. The Balaban J connectivity index is 1.21. The first-order valence-electron chi connectivity index (χ1n) is 15.3. The van der Waals surface area contributed by atoms with Crippen molar-refractivity contribution < 1.29 is 27.8 Å². The fourth-order valence-corrected chi connectivity index (χ4v) is 7.03. The molecule has 0 unspecified atom stereocenters. The summed E-state index contributed by atoms with van der Waals surface area (Å²) < 4.78 is 57.7. The number of aromatic nitrogens is 3. The number of nitrogens with zero attached hydrogens (tertiary/aromatic N) is 5. The highest BCUT2D eigenvalue weighted by molar-refractivity contribution is 6.00. The minimum absolute atomic E-state index is 0.00595. The summed E-state index contributed by atoms with van der Waals surface area (Å²) in [5.74, 6) is -2.72. The number of morpholine rings is 1. The number of phenolic OH excluding ortho intramolecular Hbond substituents is 1. The van der Waals surface area contributed by atoms with Gasteiger partial charge in [0.25, 0.3) is 0 Å². The number of anilines is 1. The number of phenols is 1. The molecule has 2 aromatic carbocycles. The van der Waals surface area contributed by atoms with E-state index in [0.29, 0.717) is 43.0 Å². The van der Waals surface area contributed by atoms with Crippen molar-refractivity contribution >= 4 is 27.5 Å². The second kappa shape index (κ2) is 10.7. The van der Waals surface area contributed by atoms with Gasteiger partial charge in [-0.25, -0.2) is 13.2 Å². The Kier molecular flexibility index (Phi) is 6.76. The summed E-state index contributed by atoms with van der Waals surface area (Å²) >= 11 is 0. The summed E-state index contributed by atoms with van der Waals surface area (Å²) in [4.78, 5) is 18.3. The molecule has 3 aliphatic heterocycles. The molecule has 12 heteroatoms. The van der Waals surface area contributed by atoms with Crippen LogP contribution in [0.3, 0.4) is 0 Å². The highest BCUT2D eigenvalue weighted by Crippen LogP contribution is 2.47. The fourth-order valence-electron chi connectivity index (χ4n) is 7.03. The van der Waals surface area contributed by atoms with Crippen molar-refractivity contribution in [3.05, 3.63) is 47.9 Å². The standard InChI is InChI=1S/C32H33F3N6O3/c33-24-4-1-18-11-21(42)12-22(25(18)26(24)34)28-27(35)29-23(13-36-28)30(41-14-19-2-3-20(15-41)37-19)39-31(38-29)44-17-32(5-6-32)16-40-7-9-43-10-8-40/h1,4,11-13,19-20,37,42H,2-3,5-10,14-17H2/t19-,20+. The number of aromatic hydroxyl groups is 1. The van der Waals surface area contributed by atoms with E-state index in [2.05, 4.69) is 25.1 Å². The van der Waals surface area contributed by atoms with E-state index in [1.807, 2.05) is 0 Å². The first kappa shape index (κ1) is 27.8. The maximum Gasteiger partial charge on any atom is 0.319 e. The zero-order chi connectivity index (χ0) is 30.0. The van der Waals surface area contributed by atoms with E-state index in [1.54, 1.807) is 0 Å². The number of ether oxygens (including phenoxy) is 2. The zero-order valence-electron chi connectivity index (χ0n) is 24.2. The van der Waals surface area contributed by atoms with E-state index in [-0.39, 0.29) is 44.7 Å². The molecule has 0 spiro atoms. The number of nitrogens with one attached hydrogen (secondary N) is 1. The average molecular weight is 607 g/mol. The van der Waals surface area contributed by atoms with Gasteiger partial charge in [0.2, 0.25) is 0 Å². The van der Waals surface area contributed by atoms with Crippen molar-refractivity contribution in [3.63, 3.8) is 0 Å². The van der Waals surface area contributed by atoms with E-state index in [0.717, 1.165) is 64.6 Å². The third-order valence-corrected chi connectivity index (χ3v) is 9.53. The van der Waals surface area contributed by atoms with Gasteiger partial charge in [-0.05, 0) is 49.3 Å². The molecule has 5 heterocycles. The molecule has 3 saturated heterocycles. The number of hydrogen-bond donors (Lipinski definition) is 2. The van der Waals surface area contributed by atoms with Crippen LogP contribution in [0.4, 0.5) is 19.0 Å². The Morgan fingerprint density at radius 3 is 2.55 bits per heavy atom. The first-order chi connectivity index (χ1) is 21.4. The molecule has 4 aliphatic rings. The van der Waals surface area contributed by atoms with Crippen LogP contribution in [-0.4, -0.2) is 89.6 Å². The van der Waals surface area contributed by atoms with Crippen LogP contribution in [-0.2, 0) is 4.74 Å². The molecule has 44 heavy (non-hydrogen) atoms. The molecule has 230 valence electrons. The van der Waals surface area contributed by atoms with E-state index >= 15 is 8.78 Å². The second-order valence-electron chi connectivity index (χ2n) is 12.7. The molecular weight excluding hydrogens is 573 g/mol. The lowest BCUT2D eigenvalue weighted by Crippen LogP contribution is -2.51. The summed E-state index contributed by atoms with van der Waals surface area (Å²) in [6.45, 7) is 5.93. The van der Waals surface area contributed by atoms with Crippen LogP contribution in [0.25, 0.3) is 32.9 Å². The molecule has 4 aromatic rings. The molecule has 4 fully saturated rings. The van der Waals surface area contributed by atoms with Crippen molar-refractivity contribution in [1.29, 1.82) is 0 Å². The van der Waals surface area contributed by atoms with Crippen molar-refractivity contribution in [2.45, 2.75) is 37.8 Å². The smallest absolute Gasteiger partial charge is 0.319 e. The topological polar surface area (TPSA) is 95.9 Å². The SMILES string of the molecule is Oc1cc(-c2ncc3c(N4C[C@H]5CC[C@@H](C4)N5)nc(OCC4(CN5CCOCC5)CC4)nc3c2F)c2c(F)c(F)ccc2c1. The van der Waals surface area contributed by atoms with Crippen LogP contribution >= 0.6 is 0 Å². The first-order valence-corrected chi connectivity index (χ1v) is 15.3. The zero-order valence-corrected chi connectivity index (χ0v) is 24.2. The summed E-state index contributed by atoms with van der Waals surface area (Å²) in [5.41, 5.74) is -0.340. The highest BCUT2D eigenvalue weighted by Gasteiger charge is 2.45. The van der Waals surface area contributed by atoms with Crippen molar-refractivity contribution in [2.75, 3.05) is 57.4 Å². The van der Waals surface area contributed by atoms with E-state index in [4.69, 9.17) is 14.5 Å². The molecule has 9 nitrogen and oxygen atoms in total. The lowest BCUT2D eigenvalue weighted by atomic mass is 9.99. The molecule has 8 rings (SSSR count). The monoisotopic (exact) mass is 606 g/mol. The number of benzene rings is 2. The van der Waals surface area contributed by atoms with Gasteiger partial charge in [-0.3, -0.25) is 9.88 Å². The number of hydrogen-bond acceptors (Lipinski definition) is 9. The number of pyridine rings is 1. The van der Waals surface area contributed by atoms with Gasteiger partial charge < -0.3 is 24.8 Å². The number of rotatable bonds is 7. The van der Waals surface area contributed by atoms with Gasteiger partial charge in [-0.1, -0.05) is 6.07 Å². The van der Waals surface area contributed by atoms with Crippen molar-refractivity contribution in [1.82, 2.24) is 25.2 Å². The van der Waals surface area contributed by atoms with Crippen LogP contribution in [0.1, 0.15) is 25.7 Å². The van der Waals surface area contributed by atoms with Crippen LogP contribution in [0.5, 0.6) is 11.8 Å². The maximum absolute atomic E-state index is 16.6. The van der Waals surface area contributed by atoms with E-state index < -0.39 is 17.5 Å². The van der Waals surface area contributed by atoms with Crippen LogP contribution in [0.15, 0.2) is 30.5 Å². The van der Waals surface area contributed by atoms with Gasteiger partial charge in [0.05, 0.1) is 25.2 Å². The Hall–Kier alpha value is -3.74. The third-order valence-electron chi connectivity index (χ3n) is 9.53. The molecule has 1 saturated carbocycles. The Bertz CT molecular complexity index is 1750. The van der Waals surface area contributed by atoms with Gasteiger partial charge in [0.1, 0.15) is 22.8 Å². The van der Waals surface area contributed by atoms with Gasteiger partial charge in [0, 0.05) is 67.4 Å². The third kappa shape index (κ3) is 4.98. The average Bonchev–Trinajstić information content (AvgIpc) is 3.71. The second-order valence-corrected chi connectivity index (χ2v) is 12.7. The molecule has 2 N–H and O–H groups in total. The fraction of sp³-hybridized carbons (Fsp3) is 0.469. The molecule has 1 aliphatic carbocycles.